The molecule has 0 radical (unpaired) electrons. The highest BCUT2D eigenvalue weighted by atomic mass is 35.5. The number of anilines is 2. The van der Waals surface area contributed by atoms with Gasteiger partial charge in [0.05, 0.1) is 11.6 Å². The van der Waals surface area contributed by atoms with Crippen molar-refractivity contribution in [1.29, 1.82) is 0 Å². The van der Waals surface area contributed by atoms with Crippen molar-refractivity contribution in [2.75, 3.05) is 10.6 Å². The summed E-state index contributed by atoms with van der Waals surface area (Å²) in [6.45, 7) is 2.18. The van der Waals surface area contributed by atoms with E-state index in [1.807, 2.05) is 12.1 Å². The second kappa shape index (κ2) is 10.3. The number of carbonyl (C=O) groups is 2. The van der Waals surface area contributed by atoms with Crippen molar-refractivity contribution in [1.82, 2.24) is 4.98 Å². The summed E-state index contributed by atoms with van der Waals surface area (Å²) in [4.78, 5) is 31.2. The van der Waals surface area contributed by atoms with Gasteiger partial charge in [0.25, 0.3) is 5.91 Å². The van der Waals surface area contributed by atoms with E-state index in [2.05, 4.69) is 34.7 Å². The molecule has 7 heteroatoms. The lowest BCUT2D eigenvalue weighted by Crippen LogP contribution is -2.24. The number of carbonyl (C=O) groups excluding carboxylic acids is 2. The van der Waals surface area contributed by atoms with Crippen LogP contribution in [0.5, 0.6) is 0 Å². The number of rotatable bonds is 7. The molecule has 2 N–H and O–H groups in total. The van der Waals surface area contributed by atoms with Crippen LogP contribution in [0.1, 0.15) is 65.0 Å². The highest BCUT2D eigenvalue weighted by Gasteiger charge is 2.30. The van der Waals surface area contributed by atoms with Gasteiger partial charge in [0.2, 0.25) is 5.91 Å². The average Bonchev–Trinajstić information content (AvgIpc) is 3.21. The summed E-state index contributed by atoms with van der Waals surface area (Å²) >= 11 is 7.35. The molecular weight excluding hydrogens is 442 g/mol. The zero-order valence-corrected chi connectivity index (χ0v) is 19.6. The van der Waals surface area contributed by atoms with Gasteiger partial charge in [0.1, 0.15) is 0 Å². The van der Waals surface area contributed by atoms with Gasteiger partial charge in [-0.1, -0.05) is 37.1 Å². The van der Waals surface area contributed by atoms with E-state index in [1.54, 1.807) is 24.3 Å². The number of aromatic nitrogens is 1. The van der Waals surface area contributed by atoms with E-state index in [0.717, 1.165) is 54.8 Å². The lowest BCUT2D eigenvalue weighted by molar-refractivity contribution is -0.117. The van der Waals surface area contributed by atoms with Gasteiger partial charge >= 0.3 is 0 Å². The third-order valence-corrected chi connectivity index (χ3v) is 6.94. The van der Waals surface area contributed by atoms with Crippen LogP contribution in [0.15, 0.2) is 48.5 Å². The molecule has 1 aliphatic carbocycles. The summed E-state index contributed by atoms with van der Waals surface area (Å²) in [5.74, 6) is -0.596. The van der Waals surface area contributed by atoms with Crippen molar-refractivity contribution >= 4 is 45.6 Å². The summed E-state index contributed by atoms with van der Waals surface area (Å²) in [6, 6.07) is 14.8. The number of amides is 2. The highest BCUT2D eigenvalue weighted by molar-refractivity contribution is 7.16. The van der Waals surface area contributed by atoms with Gasteiger partial charge in [0, 0.05) is 21.2 Å². The Morgan fingerprint density at radius 3 is 2.56 bits per heavy atom. The van der Waals surface area contributed by atoms with Crippen molar-refractivity contribution in [3.8, 4) is 0 Å². The molecule has 1 unspecified atom stereocenters. The van der Waals surface area contributed by atoms with Gasteiger partial charge in [0.15, 0.2) is 5.13 Å². The number of unbranched alkanes of at least 4 members (excludes halogenated alkanes) is 1. The van der Waals surface area contributed by atoms with E-state index in [0.29, 0.717) is 15.7 Å². The van der Waals surface area contributed by atoms with Crippen molar-refractivity contribution in [2.45, 2.75) is 51.4 Å². The molecule has 0 saturated heterocycles. The molecule has 5 nitrogen and oxygen atoms in total. The molecule has 0 bridgehead atoms. The van der Waals surface area contributed by atoms with E-state index in [9.17, 15) is 9.59 Å². The normalized spacial score (nSPS) is 15.1. The Labute approximate surface area is 197 Å². The van der Waals surface area contributed by atoms with Gasteiger partial charge in [-0.25, -0.2) is 4.98 Å². The first-order valence-electron chi connectivity index (χ1n) is 11.0. The number of aryl methyl sites for hydroxylation is 2. The molecule has 2 aromatic carbocycles. The monoisotopic (exact) mass is 467 g/mol. The lowest BCUT2D eigenvalue weighted by Gasteiger charge is -2.20. The maximum atomic E-state index is 13.0. The molecule has 4 rings (SSSR count). The number of nitrogens with zero attached hydrogens (tertiary/aromatic N) is 1. The maximum Gasteiger partial charge on any atom is 0.257 e. The number of benzene rings is 2. The third-order valence-electron chi connectivity index (χ3n) is 5.64. The predicted octanol–water partition coefficient (Wildman–Crippen LogP) is 6.45. The van der Waals surface area contributed by atoms with Gasteiger partial charge in [-0.3, -0.25) is 14.9 Å². The number of thiazole rings is 1. The van der Waals surface area contributed by atoms with Crippen LogP contribution in [0.4, 0.5) is 10.8 Å². The Balaban J connectivity index is 1.43. The zero-order valence-electron chi connectivity index (χ0n) is 18.0. The summed E-state index contributed by atoms with van der Waals surface area (Å²) < 4.78 is 0. The minimum Gasteiger partial charge on any atom is -0.326 e. The topological polar surface area (TPSA) is 71.1 Å². The molecule has 32 heavy (non-hydrogen) atoms. The van der Waals surface area contributed by atoms with Crippen LogP contribution in [-0.2, 0) is 17.6 Å². The standard InChI is InChI=1S/C25H26ClN3O2S/c1-2-3-5-16-8-14-19(15-9-16)27-24(31)20-6-4-7-21-22(20)28-25(32-21)29-23(30)17-10-12-18(26)13-11-17/h8-15,20H,2-7H2,1H3,(H,27,31)(H,28,29,30). The van der Waals surface area contributed by atoms with Crippen LogP contribution in [0.3, 0.4) is 0 Å². The minimum absolute atomic E-state index is 0.0480. The molecule has 166 valence electrons. The van der Waals surface area contributed by atoms with Crippen molar-refractivity contribution in [2.24, 2.45) is 0 Å². The SMILES string of the molecule is CCCCc1ccc(NC(=O)C2CCCc3sc(NC(=O)c4ccc(Cl)cc4)nc32)cc1. The van der Waals surface area contributed by atoms with E-state index >= 15 is 0 Å². The molecule has 1 aromatic heterocycles. The largest absolute Gasteiger partial charge is 0.326 e. The lowest BCUT2D eigenvalue weighted by atomic mass is 9.90. The van der Waals surface area contributed by atoms with Crippen LogP contribution in [0.2, 0.25) is 5.02 Å². The fourth-order valence-electron chi connectivity index (χ4n) is 3.86. The Bertz CT molecular complexity index is 1090. The first-order valence-corrected chi connectivity index (χ1v) is 12.2. The number of halogens is 1. The molecule has 1 heterocycles. The van der Waals surface area contributed by atoms with Crippen LogP contribution >= 0.6 is 22.9 Å². The Kier molecular flexibility index (Phi) is 7.22. The summed E-state index contributed by atoms with van der Waals surface area (Å²) in [6.07, 6.45) is 5.94. The number of fused-ring (bicyclic) bond motifs is 1. The van der Waals surface area contributed by atoms with Crippen molar-refractivity contribution in [3.63, 3.8) is 0 Å². The van der Waals surface area contributed by atoms with Crippen LogP contribution in [-0.4, -0.2) is 16.8 Å². The van der Waals surface area contributed by atoms with E-state index in [4.69, 9.17) is 11.6 Å². The maximum absolute atomic E-state index is 13.0. The van der Waals surface area contributed by atoms with Crippen molar-refractivity contribution in [3.05, 3.63) is 75.3 Å². The minimum atomic E-state index is -0.309. The van der Waals surface area contributed by atoms with E-state index in [1.165, 1.54) is 16.9 Å². The predicted molar refractivity (Wildman–Crippen MR) is 131 cm³/mol. The molecular formula is C25H26ClN3O2S. The second-order valence-electron chi connectivity index (χ2n) is 8.02. The summed E-state index contributed by atoms with van der Waals surface area (Å²) in [7, 11) is 0. The van der Waals surface area contributed by atoms with Gasteiger partial charge in [-0.2, -0.15) is 0 Å². The Morgan fingerprint density at radius 1 is 1.09 bits per heavy atom. The van der Waals surface area contributed by atoms with E-state index < -0.39 is 0 Å². The number of nitrogens with one attached hydrogen (secondary N) is 2. The van der Waals surface area contributed by atoms with Crippen LogP contribution < -0.4 is 10.6 Å². The van der Waals surface area contributed by atoms with Gasteiger partial charge < -0.3 is 5.32 Å². The highest BCUT2D eigenvalue weighted by Crippen LogP contribution is 2.37. The molecule has 0 fully saturated rings. The number of hydrogen-bond acceptors (Lipinski definition) is 4. The molecule has 2 amide bonds. The fourth-order valence-corrected chi connectivity index (χ4v) is 5.05. The third kappa shape index (κ3) is 5.37. The first kappa shape index (κ1) is 22.5. The summed E-state index contributed by atoms with van der Waals surface area (Å²) in [5.41, 5.74) is 3.38. The zero-order chi connectivity index (χ0) is 22.5. The molecule has 0 aliphatic heterocycles. The van der Waals surface area contributed by atoms with Gasteiger partial charge in [-0.15, -0.1) is 11.3 Å². The second-order valence-corrected chi connectivity index (χ2v) is 9.54. The first-order chi connectivity index (χ1) is 15.5. The molecule has 0 spiro atoms. The van der Waals surface area contributed by atoms with Crippen LogP contribution in [0.25, 0.3) is 0 Å². The fraction of sp³-hybridized carbons (Fsp3) is 0.320. The molecule has 1 aliphatic rings. The van der Waals surface area contributed by atoms with Crippen molar-refractivity contribution < 1.29 is 9.59 Å². The van der Waals surface area contributed by atoms with Gasteiger partial charge in [-0.05, 0) is 74.1 Å². The molecule has 0 saturated carbocycles. The molecule has 1 atom stereocenters. The smallest absolute Gasteiger partial charge is 0.257 e. The Hall–Kier alpha value is -2.70. The Morgan fingerprint density at radius 2 is 1.84 bits per heavy atom. The quantitative estimate of drug-likeness (QED) is 0.419. The molecule has 3 aromatic rings. The summed E-state index contributed by atoms with van der Waals surface area (Å²) in [5, 5.41) is 7.01. The average molecular weight is 468 g/mol. The van der Waals surface area contributed by atoms with Crippen LogP contribution in [0, 0.1) is 0 Å². The number of hydrogen-bond donors (Lipinski definition) is 2. The van der Waals surface area contributed by atoms with E-state index in [-0.39, 0.29) is 17.7 Å².